The van der Waals surface area contributed by atoms with Crippen LogP contribution in [0.1, 0.15) is 5.56 Å². The Bertz CT molecular complexity index is 1560. The third kappa shape index (κ3) is 1.83. The van der Waals surface area contributed by atoms with Crippen LogP contribution in [-0.2, 0) is 0 Å². The lowest BCUT2D eigenvalue weighted by Gasteiger charge is -2.23. The number of aryl methyl sites for hydroxylation is 1. The van der Waals surface area contributed by atoms with Gasteiger partial charge in [-0.3, -0.25) is 0 Å². The summed E-state index contributed by atoms with van der Waals surface area (Å²) in [6.07, 6.45) is 0. The Labute approximate surface area is 168 Å². The van der Waals surface area contributed by atoms with Crippen LogP contribution in [0.15, 0.2) is 48.5 Å². The average Bonchev–Trinajstić information content (AvgIpc) is 2.76. The van der Waals surface area contributed by atoms with E-state index >= 15 is 0 Å². The highest BCUT2D eigenvalue weighted by atomic mass is 16.5. The van der Waals surface area contributed by atoms with E-state index in [0.29, 0.717) is 0 Å². The minimum atomic E-state index is 0.776. The lowest BCUT2D eigenvalue weighted by molar-refractivity contribution is 0.362. The molecule has 29 heavy (non-hydrogen) atoms. The molecule has 0 aliphatic heterocycles. The van der Waals surface area contributed by atoms with Crippen molar-refractivity contribution >= 4 is 53.9 Å². The molecular formula is C26H20O3. The van der Waals surface area contributed by atoms with E-state index < -0.39 is 0 Å². The van der Waals surface area contributed by atoms with Crippen LogP contribution >= 0.6 is 0 Å². The predicted octanol–water partition coefficient (Wildman–Crippen LogP) is 6.66. The Morgan fingerprint density at radius 1 is 0.552 bits per heavy atom. The molecule has 0 fully saturated rings. The van der Waals surface area contributed by atoms with E-state index in [1.54, 1.807) is 21.3 Å². The van der Waals surface area contributed by atoms with Crippen molar-refractivity contribution in [2.75, 3.05) is 21.3 Å². The fourth-order valence-electron chi connectivity index (χ4n) is 5.25. The van der Waals surface area contributed by atoms with Gasteiger partial charge in [0, 0.05) is 32.3 Å². The molecule has 0 bridgehead atoms. The molecule has 6 aromatic rings. The minimum Gasteiger partial charge on any atom is -0.496 e. The molecule has 0 saturated heterocycles. The van der Waals surface area contributed by atoms with Crippen molar-refractivity contribution in [2.45, 2.75) is 6.92 Å². The standard InChI is InChI=1S/C26H20O3/c1-13-12-14-8-11-19(27-2)22-16-6-5-7-17-21(16)24-18(26(29-4)25(17)28-3)10-9-15(13)23(24)20(14)22/h5-12H,1-4H3. The van der Waals surface area contributed by atoms with E-state index in [-0.39, 0.29) is 0 Å². The first-order chi connectivity index (χ1) is 14.2. The van der Waals surface area contributed by atoms with Crippen LogP contribution in [0.2, 0.25) is 0 Å². The van der Waals surface area contributed by atoms with Gasteiger partial charge in [0.25, 0.3) is 0 Å². The van der Waals surface area contributed by atoms with Gasteiger partial charge in [-0.15, -0.1) is 0 Å². The van der Waals surface area contributed by atoms with Crippen LogP contribution < -0.4 is 14.2 Å². The van der Waals surface area contributed by atoms with Gasteiger partial charge in [0.1, 0.15) is 5.75 Å². The summed E-state index contributed by atoms with van der Waals surface area (Å²) in [6, 6.07) is 17.3. The van der Waals surface area contributed by atoms with Gasteiger partial charge in [0.2, 0.25) is 0 Å². The van der Waals surface area contributed by atoms with Crippen LogP contribution in [0.25, 0.3) is 53.9 Å². The Kier molecular flexibility index (Phi) is 3.15. The van der Waals surface area contributed by atoms with Crippen molar-refractivity contribution in [2.24, 2.45) is 0 Å². The maximum atomic E-state index is 5.86. The molecule has 0 amide bonds. The second kappa shape index (κ2) is 5.54. The van der Waals surface area contributed by atoms with Crippen molar-refractivity contribution in [3.63, 3.8) is 0 Å². The smallest absolute Gasteiger partial charge is 0.169 e. The summed E-state index contributed by atoms with van der Waals surface area (Å²) in [6.45, 7) is 2.18. The van der Waals surface area contributed by atoms with Crippen molar-refractivity contribution in [1.29, 1.82) is 0 Å². The minimum absolute atomic E-state index is 0.776. The third-order valence-electron chi connectivity index (χ3n) is 6.36. The number of ether oxygens (including phenoxy) is 3. The lowest BCUT2D eigenvalue weighted by Crippen LogP contribution is -1.98. The molecule has 6 aromatic carbocycles. The fourth-order valence-corrected chi connectivity index (χ4v) is 5.25. The molecule has 0 aliphatic rings. The second-order valence-corrected chi connectivity index (χ2v) is 7.64. The zero-order chi connectivity index (χ0) is 19.9. The molecule has 0 saturated carbocycles. The molecule has 0 aliphatic carbocycles. The Morgan fingerprint density at radius 2 is 1.21 bits per heavy atom. The Hall–Kier alpha value is -3.46. The zero-order valence-corrected chi connectivity index (χ0v) is 16.8. The second-order valence-electron chi connectivity index (χ2n) is 7.64. The van der Waals surface area contributed by atoms with Crippen LogP contribution in [0.3, 0.4) is 0 Å². The van der Waals surface area contributed by atoms with Crippen molar-refractivity contribution < 1.29 is 14.2 Å². The number of rotatable bonds is 3. The summed E-state index contributed by atoms with van der Waals surface area (Å²) in [5.41, 5.74) is 1.27. The van der Waals surface area contributed by atoms with Crippen molar-refractivity contribution in [1.82, 2.24) is 0 Å². The Morgan fingerprint density at radius 3 is 1.93 bits per heavy atom. The monoisotopic (exact) mass is 380 g/mol. The van der Waals surface area contributed by atoms with Gasteiger partial charge in [0.15, 0.2) is 11.5 Å². The maximum Gasteiger partial charge on any atom is 0.169 e. The number of hydrogen-bond acceptors (Lipinski definition) is 3. The summed E-state index contributed by atoms with van der Waals surface area (Å²) < 4.78 is 17.5. The molecule has 0 radical (unpaired) electrons. The maximum absolute atomic E-state index is 5.86. The molecule has 0 aromatic heterocycles. The van der Waals surface area contributed by atoms with E-state index in [1.807, 2.05) is 0 Å². The lowest BCUT2D eigenvalue weighted by atomic mass is 9.83. The molecule has 0 heterocycles. The summed E-state index contributed by atoms with van der Waals surface area (Å²) in [5.74, 6) is 2.46. The van der Waals surface area contributed by atoms with Crippen LogP contribution in [-0.4, -0.2) is 21.3 Å². The summed E-state index contributed by atoms with van der Waals surface area (Å²) >= 11 is 0. The topological polar surface area (TPSA) is 27.7 Å². The number of fused-ring (bicyclic) bond motifs is 1. The molecule has 0 unspecified atom stereocenters. The van der Waals surface area contributed by atoms with E-state index in [0.717, 1.165) is 33.4 Å². The summed E-state index contributed by atoms with van der Waals surface area (Å²) in [7, 11) is 5.17. The molecule has 3 heteroatoms. The van der Waals surface area contributed by atoms with E-state index in [1.165, 1.54) is 43.3 Å². The zero-order valence-electron chi connectivity index (χ0n) is 16.8. The van der Waals surface area contributed by atoms with Gasteiger partial charge in [-0.1, -0.05) is 36.4 Å². The molecule has 3 nitrogen and oxygen atoms in total. The van der Waals surface area contributed by atoms with Crippen LogP contribution in [0, 0.1) is 6.92 Å². The molecule has 142 valence electrons. The number of hydrogen-bond donors (Lipinski definition) is 0. The van der Waals surface area contributed by atoms with Gasteiger partial charge >= 0.3 is 0 Å². The van der Waals surface area contributed by atoms with Crippen molar-refractivity contribution in [3.8, 4) is 17.2 Å². The first-order valence-corrected chi connectivity index (χ1v) is 9.73. The van der Waals surface area contributed by atoms with E-state index in [4.69, 9.17) is 14.2 Å². The quantitative estimate of drug-likeness (QED) is 0.254. The fraction of sp³-hybridized carbons (Fsp3) is 0.154. The average molecular weight is 380 g/mol. The first kappa shape index (κ1) is 16.5. The van der Waals surface area contributed by atoms with Gasteiger partial charge in [0.05, 0.1) is 21.3 Å². The van der Waals surface area contributed by atoms with Gasteiger partial charge in [-0.2, -0.15) is 0 Å². The largest absolute Gasteiger partial charge is 0.496 e. The third-order valence-corrected chi connectivity index (χ3v) is 6.36. The molecule has 6 rings (SSSR count). The van der Waals surface area contributed by atoms with E-state index in [2.05, 4.69) is 55.5 Å². The van der Waals surface area contributed by atoms with Gasteiger partial charge < -0.3 is 14.2 Å². The SMILES string of the molecule is COc1c(OC)c2ccc3c(C)cc4ccc(OC)c5c6cccc1c6c2c3c45. The highest BCUT2D eigenvalue weighted by Gasteiger charge is 2.24. The number of methoxy groups -OCH3 is 3. The number of benzene rings is 6. The first-order valence-electron chi connectivity index (χ1n) is 9.73. The van der Waals surface area contributed by atoms with Gasteiger partial charge in [-0.25, -0.2) is 0 Å². The van der Waals surface area contributed by atoms with Crippen LogP contribution in [0.5, 0.6) is 17.2 Å². The van der Waals surface area contributed by atoms with Gasteiger partial charge in [-0.05, 0) is 46.2 Å². The summed E-state index contributed by atoms with van der Waals surface area (Å²) in [5, 5.41) is 11.9. The predicted molar refractivity (Wildman–Crippen MR) is 121 cm³/mol. The van der Waals surface area contributed by atoms with Crippen LogP contribution in [0.4, 0.5) is 0 Å². The van der Waals surface area contributed by atoms with E-state index in [9.17, 15) is 0 Å². The normalized spacial score (nSPS) is 12.1. The molecule has 0 atom stereocenters. The Balaban J connectivity index is 2.12. The molecule has 0 spiro atoms. The highest BCUT2D eigenvalue weighted by molar-refractivity contribution is 6.42. The molecular weight excluding hydrogens is 360 g/mol. The molecule has 0 N–H and O–H groups in total. The van der Waals surface area contributed by atoms with Crippen molar-refractivity contribution in [3.05, 3.63) is 54.1 Å². The highest BCUT2D eigenvalue weighted by Crippen LogP contribution is 2.53. The summed E-state index contributed by atoms with van der Waals surface area (Å²) in [4.78, 5) is 0.